The Morgan fingerprint density at radius 2 is 2.05 bits per heavy atom. The summed E-state index contributed by atoms with van der Waals surface area (Å²) in [6.45, 7) is 6.66. The van der Waals surface area contributed by atoms with Gasteiger partial charge >= 0.3 is 0 Å². The fourth-order valence-electron chi connectivity index (χ4n) is 2.48. The molecule has 1 aliphatic heterocycles. The number of hydrogen-bond donors (Lipinski definition) is 2. The van der Waals surface area contributed by atoms with E-state index in [-0.39, 0.29) is 5.69 Å². The van der Waals surface area contributed by atoms with Crippen molar-refractivity contribution in [2.24, 2.45) is 0 Å². The third-order valence-electron chi connectivity index (χ3n) is 3.78. The molecule has 110 valence electrons. The largest absolute Gasteiger partial charge is 0.493 e. The highest BCUT2D eigenvalue weighted by atomic mass is 16.6. The van der Waals surface area contributed by atoms with Gasteiger partial charge in [0.15, 0.2) is 0 Å². The molecular weight excluding hydrogens is 258 g/mol. The molecule has 1 heterocycles. The maximum absolute atomic E-state index is 10.7. The lowest BCUT2D eigenvalue weighted by Crippen LogP contribution is -3.27. The lowest BCUT2D eigenvalue weighted by atomic mass is 10.3. The summed E-state index contributed by atoms with van der Waals surface area (Å²) in [5.74, 6) is 0.581. The Balaban J connectivity index is 1.68. The molecule has 0 unspecified atom stereocenters. The molecule has 0 aliphatic carbocycles. The maximum Gasteiger partial charge on any atom is 0.273 e. The van der Waals surface area contributed by atoms with Crippen molar-refractivity contribution in [1.82, 2.24) is 0 Å². The van der Waals surface area contributed by atoms with Gasteiger partial charge in [-0.3, -0.25) is 10.1 Å². The number of quaternary nitrogens is 2. The molecule has 1 fully saturated rings. The number of nitro groups is 1. The SMILES string of the molecule is C[NH+]1CC[NH+](CCCOc2cccc([N+](=O)[O-])c2)CC1. The van der Waals surface area contributed by atoms with Gasteiger partial charge in [0.1, 0.15) is 31.9 Å². The molecular formula is C14H23N3O3+2. The molecule has 1 aliphatic rings. The van der Waals surface area contributed by atoms with E-state index in [1.54, 1.807) is 21.9 Å². The van der Waals surface area contributed by atoms with Gasteiger partial charge in [-0.25, -0.2) is 0 Å². The van der Waals surface area contributed by atoms with Crippen molar-refractivity contribution in [1.29, 1.82) is 0 Å². The first-order valence-corrected chi connectivity index (χ1v) is 7.17. The molecule has 1 saturated heterocycles. The van der Waals surface area contributed by atoms with Crippen LogP contribution < -0.4 is 14.5 Å². The smallest absolute Gasteiger partial charge is 0.273 e. The second kappa shape index (κ2) is 7.21. The summed E-state index contributed by atoms with van der Waals surface area (Å²) < 4.78 is 5.59. The molecule has 1 aromatic rings. The van der Waals surface area contributed by atoms with E-state index in [0.717, 1.165) is 13.0 Å². The third-order valence-corrected chi connectivity index (χ3v) is 3.78. The lowest BCUT2D eigenvalue weighted by Gasteiger charge is -2.27. The van der Waals surface area contributed by atoms with Crippen LogP contribution in [0.25, 0.3) is 0 Å². The van der Waals surface area contributed by atoms with E-state index in [1.807, 2.05) is 0 Å². The Bertz CT molecular complexity index is 445. The summed E-state index contributed by atoms with van der Waals surface area (Å²) >= 11 is 0. The highest BCUT2D eigenvalue weighted by Gasteiger charge is 2.19. The zero-order valence-corrected chi connectivity index (χ0v) is 11.9. The number of nitrogens with one attached hydrogen (secondary N) is 2. The van der Waals surface area contributed by atoms with Crippen LogP contribution in [0.2, 0.25) is 0 Å². The first-order valence-electron chi connectivity index (χ1n) is 7.17. The Morgan fingerprint density at radius 1 is 1.30 bits per heavy atom. The first kappa shape index (κ1) is 14.7. The number of non-ortho nitro benzene ring substituents is 1. The summed E-state index contributed by atoms with van der Waals surface area (Å²) in [6.07, 6.45) is 0.983. The monoisotopic (exact) mass is 281 g/mol. The average Bonchev–Trinajstić information content (AvgIpc) is 2.46. The van der Waals surface area contributed by atoms with Crippen LogP contribution in [0.1, 0.15) is 6.42 Å². The fraction of sp³-hybridized carbons (Fsp3) is 0.571. The van der Waals surface area contributed by atoms with Crippen molar-refractivity contribution in [3.8, 4) is 5.75 Å². The van der Waals surface area contributed by atoms with Gasteiger partial charge in [0.2, 0.25) is 0 Å². The van der Waals surface area contributed by atoms with Gasteiger partial charge in [0.25, 0.3) is 5.69 Å². The number of ether oxygens (including phenoxy) is 1. The van der Waals surface area contributed by atoms with Crippen LogP contribution in [0, 0.1) is 10.1 Å². The van der Waals surface area contributed by atoms with E-state index in [9.17, 15) is 10.1 Å². The quantitative estimate of drug-likeness (QED) is 0.390. The van der Waals surface area contributed by atoms with Crippen LogP contribution in [-0.2, 0) is 0 Å². The predicted molar refractivity (Wildman–Crippen MR) is 75.4 cm³/mol. The van der Waals surface area contributed by atoms with Crippen LogP contribution in [0.15, 0.2) is 24.3 Å². The highest BCUT2D eigenvalue weighted by Crippen LogP contribution is 2.18. The van der Waals surface area contributed by atoms with Gasteiger partial charge in [-0.1, -0.05) is 6.07 Å². The summed E-state index contributed by atoms with van der Waals surface area (Å²) in [5.41, 5.74) is 0.0789. The van der Waals surface area contributed by atoms with Gasteiger partial charge in [-0.15, -0.1) is 0 Å². The Kier molecular flexibility index (Phi) is 5.31. The molecule has 2 rings (SSSR count). The molecule has 0 amide bonds. The van der Waals surface area contributed by atoms with Crippen LogP contribution >= 0.6 is 0 Å². The van der Waals surface area contributed by atoms with Gasteiger partial charge in [-0.05, 0) is 6.07 Å². The summed E-state index contributed by atoms with van der Waals surface area (Å²) in [6, 6.07) is 6.37. The highest BCUT2D eigenvalue weighted by molar-refractivity contribution is 5.37. The number of nitrogens with zero attached hydrogens (tertiary/aromatic N) is 1. The molecule has 6 nitrogen and oxygen atoms in total. The number of piperazine rings is 1. The minimum absolute atomic E-state index is 0.0789. The van der Waals surface area contributed by atoms with E-state index < -0.39 is 4.92 Å². The number of nitro benzene ring substituents is 1. The molecule has 0 bridgehead atoms. The Morgan fingerprint density at radius 3 is 2.75 bits per heavy atom. The molecule has 1 aromatic carbocycles. The first-order chi connectivity index (χ1) is 9.65. The van der Waals surface area contributed by atoms with Crippen LogP contribution in [0.4, 0.5) is 5.69 Å². The topological polar surface area (TPSA) is 61.2 Å². The molecule has 20 heavy (non-hydrogen) atoms. The second-order valence-electron chi connectivity index (χ2n) is 5.41. The number of rotatable bonds is 6. The molecule has 0 aromatic heterocycles. The number of benzene rings is 1. The molecule has 6 heteroatoms. The van der Waals surface area contributed by atoms with Gasteiger partial charge in [-0.2, -0.15) is 0 Å². The van der Waals surface area contributed by atoms with Crippen LogP contribution in [0.3, 0.4) is 0 Å². The number of hydrogen-bond acceptors (Lipinski definition) is 3. The Labute approximate surface area is 119 Å². The second-order valence-corrected chi connectivity index (χ2v) is 5.41. The third kappa shape index (κ3) is 4.47. The van der Waals surface area contributed by atoms with Crippen molar-refractivity contribution in [2.75, 3.05) is 46.4 Å². The van der Waals surface area contributed by atoms with Gasteiger partial charge < -0.3 is 14.5 Å². The predicted octanol–water partition coefficient (Wildman–Crippen LogP) is -1.22. The molecule has 0 spiro atoms. The number of likely N-dealkylation sites (N-methyl/N-ethyl adjacent to an activating group) is 1. The van der Waals surface area contributed by atoms with Crippen LogP contribution in [0.5, 0.6) is 5.75 Å². The van der Waals surface area contributed by atoms with E-state index in [1.165, 1.54) is 38.3 Å². The van der Waals surface area contributed by atoms with E-state index >= 15 is 0 Å². The zero-order valence-electron chi connectivity index (χ0n) is 11.9. The van der Waals surface area contributed by atoms with E-state index in [2.05, 4.69) is 7.05 Å². The molecule has 0 radical (unpaired) electrons. The minimum atomic E-state index is -0.399. The average molecular weight is 281 g/mol. The molecule has 0 atom stereocenters. The Hall–Kier alpha value is -1.66. The minimum Gasteiger partial charge on any atom is -0.493 e. The van der Waals surface area contributed by atoms with Crippen molar-refractivity contribution < 1.29 is 19.5 Å². The van der Waals surface area contributed by atoms with E-state index in [4.69, 9.17) is 4.74 Å². The fourth-order valence-corrected chi connectivity index (χ4v) is 2.48. The summed E-state index contributed by atoms with van der Waals surface area (Å²) in [4.78, 5) is 13.5. The van der Waals surface area contributed by atoms with Gasteiger partial charge in [0, 0.05) is 12.5 Å². The van der Waals surface area contributed by atoms with Gasteiger partial charge in [0.05, 0.1) is 31.2 Å². The van der Waals surface area contributed by atoms with E-state index in [0.29, 0.717) is 12.4 Å². The van der Waals surface area contributed by atoms with Crippen molar-refractivity contribution in [3.05, 3.63) is 34.4 Å². The van der Waals surface area contributed by atoms with Crippen molar-refractivity contribution in [3.63, 3.8) is 0 Å². The molecule has 0 saturated carbocycles. The summed E-state index contributed by atoms with van der Waals surface area (Å²) in [7, 11) is 2.24. The molecule has 2 N–H and O–H groups in total. The normalized spacial score (nSPS) is 22.4. The zero-order chi connectivity index (χ0) is 14.4. The van der Waals surface area contributed by atoms with Crippen molar-refractivity contribution >= 4 is 5.69 Å². The summed E-state index contributed by atoms with van der Waals surface area (Å²) in [5, 5.41) is 10.7. The lowest BCUT2D eigenvalue weighted by molar-refractivity contribution is -1.00. The van der Waals surface area contributed by atoms with Crippen molar-refractivity contribution in [2.45, 2.75) is 6.42 Å². The van der Waals surface area contributed by atoms with Crippen LogP contribution in [-0.4, -0.2) is 51.3 Å². The standard InChI is InChI=1S/C14H21N3O3/c1-15-7-9-16(10-8-15)6-3-11-20-14-5-2-4-13(12-14)17(18)19/h2,4-5,12H,3,6-11H2,1H3/p+2. The maximum atomic E-state index is 10.7.